The van der Waals surface area contributed by atoms with Crippen LogP contribution in [0.2, 0.25) is 0 Å². The normalized spacial score (nSPS) is 12.1. The van der Waals surface area contributed by atoms with Gasteiger partial charge < -0.3 is 5.32 Å². The second-order valence-electron chi connectivity index (χ2n) is 8.22. The maximum atomic E-state index is 13.3. The fourth-order valence-electron chi connectivity index (χ4n) is 3.71. The highest BCUT2D eigenvalue weighted by molar-refractivity contribution is 8.00. The molecule has 0 bridgehead atoms. The number of aryl methyl sites for hydroxylation is 2. The van der Waals surface area contributed by atoms with Crippen molar-refractivity contribution in [3.05, 3.63) is 120 Å². The van der Waals surface area contributed by atoms with Crippen molar-refractivity contribution in [1.82, 2.24) is 0 Å². The van der Waals surface area contributed by atoms with Crippen LogP contribution >= 0.6 is 11.8 Å². The average molecular weight is 503 g/mol. The van der Waals surface area contributed by atoms with Crippen LogP contribution in [-0.4, -0.2) is 14.3 Å². The maximum absolute atomic E-state index is 13.3. The van der Waals surface area contributed by atoms with Gasteiger partial charge in [-0.1, -0.05) is 54.6 Å². The summed E-state index contributed by atoms with van der Waals surface area (Å²) in [4.78, 5) is 14.4. The Kier molecular flexibility index (Phi) is 7.58. The molecule has 4 aromatic carbocycles. The molecule has 4 aromatic rings. The molecule has 0 saturated carbocycles. The van der Waals surface area contributed by atoms with E-state index in [0.29, 0.717) is 5.69 Å². The first-order valence-corrected chi connectivity index (χ1v) is 13.5. The number of hydrogen-bond acceptors (Lipinski definition) is 4. The van der Waals surface area contributed by atoms with Crippen molar-refractivity contribution in [2.45, 2.75) is 28.9 Å². The summed E-state index contributed by atoms with van der Waals surface area (Å²) in [7, 11) is -3.67. The third-order valence-corrected chi connectivity index (χ3v) is 7.91. The molecule has 7 heteroatoms. The van der Waals surface area contributed by atoms with Crippen molar-refractivity contribution in [1.29, 1.82) is 0 Å². The molecule has 35 heavy (non-hydrogen) atoms. The zero-order valence-electron chi connectivity index (χ0n) is 19.4. The predicted octanol–water partition coefficient (Wildman–Crippen LogP) is 6.58. The van der Waals surface area contributed by atoms with Gasteiger partial charge in [0.05, 0.1) is 4.90 Å². The van der Waals surface area contributed by atoms with Gasteiger partial charge in [-0.25, -0.2) is 8.42 Å². The number of carbonyl (C=O) groups excluding carboxylic acids is 1. The second kappa shape index (κ2) is 10.8. The Bertz CT molecular complexity index is 1390. The van der Waals surface area contributed by atoms with Gasteiger partial charge in [0.2, 0.25) is 5.91 Å². The van der Waals surface area contributed by atoms with Crippen LogP contribution in [0.15, 0.2) is 113 Å². The lowest BCUT2D eigenvalue weighted by Gasteiger charge is -2.18. The molecule has 1 amide bonds. The molecule has 0 aromatic heterocycles. The van der Waals surface area contributed by atoms with Crippen LogP contribution in [0.4, 0.5) is 11.4 Å². The van der Waals surface area contributed by atoms with Gasteiger partial charge in [0.15, 0.2) is 0 Å². The molecule has 2 N–H and O–H groups in total. The largest absolute Gasteiger partial charge is 0.325 e. The lowest BCUT2D eigenvalue weighted by Crippen LogP contribution is -2.19. The summed E-state index contributed by atoms with van der Waals surface area (Å²) < 4.78 is 27.8. The predicted molar refractivity (Wildman–Crippen MR) is 143 cm³/mol. The van der Waals surface area contributed by atoms with Crippen molar-refractivity contribution in [3.63, 3.8) is 0 Å². The van der Waals surface area contributed by atoms with E-state index in [1.165, 1.54) is 11.8 Å². The van der Waals surface area contributed by atoms with Crippen molar-refractivity contribution in [3.8, 4) is 0 Å². The Hall–Kier alpha value is -3.55. The van der Waals surface area contributed by atoms with Crippen LogP contribution in [0.5, 0.6) is 0 Å². The fourth-order valence-corrected chi connectivity index (χ4v) is 5.81. The van der Waals surface area contributed by atoms with E-state index in [2.05, 4.69) is 16.1 Å². The number of rotatable bonds is 8. The molecule has 0 radical (unpaired) electrons. The summed E-state index contributed by atoms with van der Waals surface area (Å²) in [6, 6.07) is 30.8. The third-order valence-electron chi connectivity index (χ3n) is 5.24. The monoisotopic (exact) mass is 502 g/mol. The number of hydrogen-bond donors (Lipinski definition) is 2. The molecular formula is C28H26N2O3S2. The number of carbonyl (C=O) groups is 1. The van der Waals surface area contributed by atoms with Crippen LogP contribution in [0.1, 0.15) is 21.9 Å². The molecule has 0 saturated heterocycles. The van der Waals surface area contributed by atoms with Gasteiger partial charge in [-0.15, -0.1) is 11.8 Å². The van der Waals surface area contributed by atoms with Crippen LogP contribution in [0, 0.1) is 13.8 Å². The zero-order valence-corrected chi connectivity index (χ0v) is 21.1. The first-order chi connectivity index (χ1) is 16.8. The quantitative estimate of drug-likeness (QED) is 0.267. The summed E-state index contributed by atoms with van der Waals surface area (Å²) in [6.45, 7) is 4.00. The number of sulfonamides is 1. The summed E-state index contributed by atoms with van der Waals surface area (Å²) in [5, 5.41) is 2.57. The average Bonchev–Trinajstić information content (AvgIpc) is 2.84. The van der Waals surface area contributed by atoms with Crippen LogP contribution in [0.25, 0.3) is 0 Å². The minimum Gasteiger partial charge on any atom is -0.325 e. The zero-order chi connectivity index (χ0) is 24.8. The number of amides is 1. The van der Waals surface area contributed by atoms with Crippen molar-refractivity contribution < 1.29 is 13.2 Å². The lowest BCUT2D eigenvalue weighted by atomic mass is 10.1. The van der Waals surface area contributed by atoms with Gasteiger partial charge in [0.1, 0.15) is 5.25 Å². The minimum atomic E-state index is -3.67. The Balaban J connectivity index is 1.53. The van der Waals surface area contributed by atoms with Gasteiger partial charge in [0.25, 0.3) is 10.0 Å². The Morgan fingerprint density at radius 1 is 0.743 bits per heavy atom. The topological polar surface area (TPSA) is 75.3 Å². The molecule has 0 aliphatic carbocycles. The van der Waals surface area contributed by atoms with Crippen molar-refractivity contribution in [2.75, 3.05) is 10.0 Å². The SMILES string of the molecule is Cc1cc(C)cc(NC(=O)C(Sc2ccc(NS(=O)(=O)c3ccccc3)cc2)c2ccccc2)c1. The van der Waals surface area contributed by atoms with Crippen LogP contribution < -0.4 is 10.0 Å². The number of anilines is 2. The first-order valence-electron chi connectivity index (χ1n) is 11.1. The van der Waals surface area contributed by atoms with Gasteiger partial charge in [-0.3, -0.25) is 9.52 Å². The highest BCUT2D eigenvalue weighted by atomic mass is 32.2. The molecule has 1 atom stereocenters. The first kappa shape index (κ1) is 24.6. The Labute approximate surface area is 210 Å². The molecule has 4 rings (SSSR count). The van der Waals surface area contributed by atoms with E-state index in [-0.39, 0.29) is 10.8 Å². The van der Waals surface area contributed by atoms with E-state index in [9.17, 15) is 13.2 Å². The van der Waals surface area contributed by atoms with Gasteiger partial charge >= 0.3 is 0 Å². The molecule has 0 aliphatic rings. The summed E-state index contributed by atoms with van der Waals surface area (Å²) >= 11 is 1.41. The Morgan fingerprint density at radius 3 is 1.91 bits per heavy atom. The maximum Gasteiger partial charge on any atom is 0.261 e. The van der Waals surface area contributed by atoms with Gasteiger partial charge in [-0.2, -0.15) is 0 Å². The van der Waals surface area contributed by atoms with E-state index < -0.39 is 15.3 Å². The molecule has 1 unspecified atom stereocenters. The third kappa shape index (κ3) is 6.53. The standard InChI is InChI=1S/C28H26N2O3S2/c1-20-17-21(2)19-24(18-20)29-28(31)27(22-9-5-3-6-10-22)34-25-15-13-23(14-16-25)30-35(32,33)26-11-7-4-8-12-26/h3-19,27,30H,1-2H3,(H,29,31). The van der Waals surface area contributed by atoms with E-state index in [4.69, 9.17) is 0 Å². The molecule has 0 spiro atoms. The molecule has 0 aliphatic heterocycles. The van der Waals surface area contributed by atoms with E-state index >= 15 is 0 Å². The van der Waals surface area contributed by atoms with Crippen LogP contribution in [-0.2, 0) is 14.8 Å². The molecule has 5 nitrogen and oxygen atoms in total. The molecular weight excluding hydrogens is 476 g/mol. The summed E-state index contributed by atoms with van der Waals surface area (Å²) in [5.74, 6) is -0.125. The highest BCUT2D eigenvalue weighted by Crippen LogP contribution is 2.37. The molecule has 178 valence electrons. The number of nitrogens with one attached hydrogen (secondary N) is 2. The van der Waals surface area contributed by atoms with E-state index in [1.54, 1.807) is 42.5 Å². The molecule has 0 heterocycles. The van der Waals surface area contributed by atoms with Crippen molar-refractivity contribution in [2.24, 2.45) is 0 Å². The van der Waals surface area contributed by atoms with Gasteiger partial charge in [-0.05, 0) is 79.1 Å². The Morgan fingerprint density at radius 2 is 1.31 bits per heavy atom. The van der Waals surface area contributed by atoms with E-state index in [0.717, 1.165) is 27.3 Å². The van der Waals surface area contributed by atoms with Crippen molar-refractivity contribution >= 4 is 39.1 Å². The smallest absolute Gasteiger partial charge is 0.261 e. The number of benzene rings is 4. The highest BCUT2D eigenvalue weighted by Gasteiger charge is 2.22. The fraction of sp³-hybridized carbons (Fsp3) is 0.107. The second-order valence-corrected chi connectivity index (χ2v) is 11.1. The van der Waals surface area contributed by atoms with Gasteiger partial charge in [0, 0.05) is 16.3 Å². The molecule has 0 fully saturated rings. The lowest BCUT2D eigenvalue weighted by molar-refractivity contribution is -0.115. The number of thioether (sulfide) groups is 1. The minimum absolute atomic E-state index is 0.125. The summed E-state index contributed by atoms with van der Waals surface area (Å²) in [5.41, 5.74) is 4.26. The van der Waals surface area contributed by atoms with E-state index in [1.807, 2.05) is 68.4 Å². The van der Waals surface area contributed by atoms with Crippen LogP contribution in [0.3, 0.4) is 0 Å². The summed E-state index contributed by atoms with van der Waals surface area (Å²) in [6.07, 6.45) is 0.